The Balaban J connectivity index is 1.86. The van der Waals surface area contributed by atoms with Crippen LogP contribution in [-0.4, -0.2) is 42.2 Å². The van der Waals surface area contributed by atoms with Gasteiger partial charge >= 0.3 is 0 Å². The Hall–Kier alpha value is -3.13. The van der Waals surface area contributed by atoms with E-state index in [2.05, 4.69) is 5.32 Å². The van der Waals surface area contributed by atoms with Gasteiger partial charge in [0, 0.05) is 24.7 Å². The van der Waals surface area contributed by atoms with Crippen molar-refractivity contribution in [2.75, 3.05) is 36.5 Å². The molecule has 0 radical (unpaired) electrons. The SMILES string of the molecule is Cc1ccc(NC(=O)c2ccc(N3CCOCC3)c([N+](=O)[O-])c2)c(O)c1. The highest BCUT2D eigenvalue weighted by atomic mass is 16.6. The van der Waals surface area contributed by atoms with Crippen LogP contribution in [-0.2, 0) is 4.74 Å². The van der Waals surface area contributed by atoms with E-state index < -0.39 is 10.8 Å². The first-order chi connectivity index (χ1) is 12.5. The summed E-state index contributed by atoms with van der Waals surface area (Å²) in [5.74, 6) is -0.585. The molecular formula is C18H19N3O5. The quantitative estimate of drug-likeness (QED) is 0.495. The average Bonchev–Trinajstić information content (AvgIpc) is 2.64. The Morgan fingerprint density at radius 2 is 1.96 bits per heavy atom. The number of hydrogen-bond donors (Lipinski definition) is 2. The second kappa shape index (κ2) is 7.40. The van der Waals surface area contributed by atoms with Gasteiger partial charge in [-0.05, 0) is 36.8 Å². The molecule has 0 unspecified atom stereocenters. The molecule has 0 aliphatic carbocycles. The van der Waals surface area contributed by atoms with Crippen LogP contribution in [0.3, 0.4) is 0 Å². The number of amides is 1. The fourth-order valence-corrected chi connectivity index (χ4v) is 2.82. The van der Waals surface area contributed by atoms with Crippen molar-refractivity contribution in [1.29, 1.82) is 0 Å². The van der Waals surface area contributed by atoms with E-state index >= 15 is 0 Å². The summed E-state index contributed by atoms with van der Waals surface area (Å²) in [6.07, 6.45) is 0. The molecule has 0 aromatic heterocycles. The van der Waals surface area contributed by atoms with E-state index in [4.69, 9.17) is 4.74 Å². The van der Waals surface area contributed by atoms with Gasteiger partial charge < -0.3 is 20.1 Å². The maximum absolute atomic E-state index is 12.4. The van der Waals surface area contributed by atoms with Crippen LogP contribution in [0.4, 0.5) is 17.1 Å². The van der Waals surface area contributed by atoms with Crippen molar-refractivity contribution in [3.8, 4) is 5.75 Å². The second-order valence-electron chi connectivity index (χ2n) is 6.03. The van der Waals surface area contributed by atoms with Crippen molar-refractivity contribution in [2.24, 2.45) is 0 Å². The summed E-state index contributed by atoms with van der Waals surface area (Å²) >= 11 is 0. The van der Waals surface area contributed by atoms with E-state index in [1.807, 2.05) is 11.8 Å². The Morgan fingerprint density at radius 1 is 1.23 bits per heavy atom. The lowest BCUT2D eigenvalue weighted by molar-refractivity contribution is -0.384. The number of aromatic hydroxyl groups is 1. The first-order valence-electron chi connectivity index (χ1n) is 8.18. The molecule has 8 nitrogen and oxygen atoms in total. The monoisotopic (exact) mass is 357 g/mol. The van der Waals surface area contributed by atoms with Gasteiger partial charge in [-0.15, -0.1) is 0 Å². The number of carbonyl (C=O) groups excluding carboxylic acids is 1. The van der Waals surface area contributed by atoms with E-state index in [0.29, 0.717) is 32.0 Å². The molecule has 1 aliphatic rings. The Morgan fingerprint density at radius 3 is 2.62 bits per heavy atom. The predicted octanol–water partition coefficient (Wildman–Crippen LogP) is 2.70. The Labute approximate surface area is 150 Å². The topological polar surface area (TPSA) is 105 Å². The van der Waals surface area contributed by atoms with Gasteiger partial charge in [-0.1, -0.05) is 6.07 Å². The van der Waals surface area contributed by atoms with E-state index in [1.54, 1.807) is 24.3 Å². The third-order valence-corrected chi connectivity index (χ3v) is 4.19. The summed E-state index contributed by atoms with van der Waals surface area (Å²) in [6, 6.07) is 9.23. The molecule has 0 saturated carbocycles. The predicted molar refractivity (Wildman–Crippen MR) is 96.9 cm³/mol. The molecule has 1 heterocycles. The third-order valence-electron chi connectivity index (χ3n) is 4.19. The van der Waals surface area contributed by atoms with E-state index in [0.717, 1.165) is 5.56 Å². The minimum absolute atomic E-state index is 0.0576. The molecule has 3 rings (SSSR count). The zero-order chi connectivity index (χ0) is 18.7. The number of nitro groups is 1. The number of phenolic OH excluding ortho intramolecular Hbond substituents is 1. The highest BCUT2D eigenvalue weighted by molar-refractivity contribution is 6.05. The molecule has 1 amide bonds. The number of phenols is 1. The van der Waals surface area contributed by atoms with Crippen molar-refractivity contribution < 1.29 is 19.6 Å². The van der Waals surface area contributed by atoms with Crippen LogP contribution in [0.25, 0.3) is 0 Å². The van der Waals surface area contributed by atoms with Crippen LogP contribution in [0.5, 0.6) is 5.75 Å². The number of rotatable bonds is 4. The fourth-order valence-electron chi connectivity index (χ4n) is 2.82. The third kappa shape index (κ3) is 3.75. The lowest BCUT2D eigenvalue weighted by atomic mass is 10.1. The Bertz CT molecular complexity index is 847. The van der Waals surface area contributed by atoms with Gasteiger partial charge in [0.1, 0.15) is 11.4 Å². The van der Waals surface area contributed by atoms with E-state index in [1.165, 1.54) is 12.1 Å². The van der Waals surface area contributed by atoms with Crippen molar-refractivity contribution >= 4 is 23.0 Å². The molecule has 2 aromatic rings. The molecule has 136 valence electrons. The summed E-state index contributed by atoms with van der Waals surface area (Å²) in [7, 11) is 0. The molecule has 0 bridgehead atoms. The van der Waals surface area contributed by atoms with Gasteiger partial charge in [0.25, 0.3) is 11.6 Å². The number of aryl methyl sites for hydroxylation is 1. The van der Waals surface area contributed by atoms with Gasteiger partial charge in [0.05, 0.1) is 23.8 Å². The highest BCUT2D eigenvalue weighted by Crippen LogP contribution is 2.31. The molecule has 0 spiro atoms. The number of benzene rings is 2. The summed E-state index contributed by atoms with van der Waals surface area (Å²) in [5, 5.41) is 23.9. The van der Waals surface area contributed by atoms with Crippen molar-refractivity contribution in [2.45, 2.75) is 6.92 Å². The molecule has 26 heavy (non-hydrogen) atoms. The number of carbonyl (C=O) groups is 1. The van der Waals surface area contributed by atoms with Crippen LogP contribution in [0, 0.1) is 17.0 Å². The fraction of sp³-hybridized carbons (Fsp3) is 0.278. The lowest BCUT2D eigenvalue weighted by Crippen LogP contribution is -2.36. The number of nitrogens with zero attached hydrogens (tertiary/aromatic N) is 2. The van der Waals surface area contributed by atoms with Crippen LogP contribution < -0.4 is 10.2 Å². The molecule has 1 saturated heterocycles. The number of nitro benzene ring substituents is 1. The van der Waals surface area contributed by atoms with Crippen LogP contribution >= 0.6 is 0 Å². The van der Waals surface area contributed by atoms with Crippen LogP contribution in [0.1, 0.15) is 15.9 Å². The Kier molecular flexibility index (Phi) is 5.04. The lowest BCUT2D eigenvalue weighted by Gasteiger charge is -2.28. The minimum Gasteiger partial charge on any atom is -0.506 e. The highest BCUT2D eigenvalue weighted by Gasteiger charge is 2.23. The summed E-state index contributed by atoms with van der Waals surface area (Å²) in [4.78, 5) is 25.3. The normalized spacial score (nSPS) is 14.1. The number of morpholine rings is 1. The molecule has 2 N–H and O–H groups in total. The molecular weight excluding hydrogens is 338 g/mol. The van der Waals surface area contributed by atoms with Gasteiger partial charge in [0.2, 0.25) is 0 Å². The zero-order valence-corrected chi connectivity index (χ0v) is 14.3. The van der Waals surface area contributed by atoms with Gasteiger partial charge in [-0.3, -0.25) is 14.9 Å². The largest absolute Gasteiger partial charge is 0.506 e. The maximum atomic E-state index is 12.4. The molecule has 8 heteroatoms. The van der Waals surface area contributed by atoms with E-state index in [9.17, 15) is 20.0 Å². The molecule has 2 aromatic carbocycles. The number of nitrogens with one attached hydrogen (secondary N) is 1. The molecule has 1 aliphatic heterocycles. The van der Waals surface area contributed by atoms with E-state index in [-0.39, 0.29) is 22.7 Å². The number of anilines is 2. The van der Waals surface area contributed by atoms with Gasteiger partial charge in [-0.25, -0.2) is 0 Å². The first kappa shape index (κ1) is 17.7. The summed E-state index contributed by atoms with van der Waals surface area (Å²) < 4.78 is 5.27. The van der Waals surface area contributed by atoms with Crippen molar-refractivity contribution in [1.82, 2.24) is 0 Å². The van der Waals surface area contributed by atoms with Crippen LogP contribution in [0.2, 0.25) is 0 Å². The summed E-state index contributed by atoms with van der Waals surface area (Å²) in [6.45, 7) is 3.95. The zero-order valence-electron chi connectivity index (χ0n) is 14.3. The second-order valence-corrected chi connectivity index (χ2v) is 6.03. The first-order valence-corrected chi connectivity index (χ1v) is 8.18. The van der Waals surface area contributed by atoms with Gasteiger partial charge in [0.15, 0.2) is 0 Å². The van der Waals surface area contributed by atoms with Crippen LogP contribution in [0.15, 0.2) is 36.4 Å². The van der Waals surface area contributed by atoms with Gasteiger partial charge in [-0.2, -0.15) is 0 Å². The average molecular weight is 357 g/mol. The van der Waals surface area contributed by atoms with Crippen molar-refractivity contribution in [3.63, 3.8) is 0 Å². The smallest absolute Gasteiger partial charge is 0.293 e. The summed E-state index contributed by atoms with van der Waals surface area (Å²) in [5.41, 5.74) is 1.58. The standard InChI is InChI=1S/C18H19N3O5/c1-12-2-4-14(17(22)10-12)19-18(23)13-3-5-15(16(11-13)21(24)25)20-6-8-26-9-7-20/h2-5,10-11,22H,6-9H2,1H3,(H,19,23). The number of hydrogen-bond acceptors (Lipinski definition) is 6. The molecule has 0 atom stereocenters. The molecule has 1 fully saturated rings. The minimum atomic E-state index is -0.527. The number of ether oxygens (including phenoxy) is 1. The maximum Gasteiger partial charge on any atom is 0.293 e. The van der Waals surface area contributed by atoms with Crippen molar-refractivity contribution in [3.05, 3.63) is 57.6 Å².